The molecule has 0 aromatic rings. The molecule has 1 amide bonds. The largest absolute Gasteiger partial charge is 0.341 e. The molecule has 2 heterocycles. The molecule has 0 bridgehead atoms. The van der Waals surface area contributed by atoms with Crippen molar-refractivity contribution in [1.82, 2.24) is 4.90 Å². The summed E-state index contributed by atoms with van der Waals surface area (Å²) in [5, 5.41) is 15.7. The highest BCUT2D eigenvalue weighted by molar-refractivity contribution is 5.76. The number of nitrogens with zero attached hydrogens (tertiary/aromatic N) is 5. The van der Waals surface area contributed by atoms with Crippen LogP contribution in [-0.2, 0) is 4.79 Å². The molecule has 0 aromatic heterocycles. The molecule has 0 aliphatic carbocycles. The van der Waals surface area contributed by atoms with Crippen molar-refractivity contribution in [2.45, 2.75) is 44.4 Å². The molecule has 7 heteroatoms. The number of rotatable bonds is 8. The van der Waals surface area contributed by atoms with E-state index >= 15 is 0 Å². The number of carbonyl (C=O) groups excluding carboxylic acids is 1. The van der Waals surface area contributed by atoms with Gasteiger partial charge in [-0.2, -0.15) is 20.5 Å². The topological polar surface area (TPSA) is 95.8 Å². The second-order valence-corrected chi connectivity index (χ2v) is 5.25. The SMILES string of the molecule is CC1(CCC(=O)N(CCN)CCC2(C)N=N2)N=N1. The molecular weight excluding hydrogens is 232 g/mol. The van der Waals surface area contributed by atoms with Gasteiger partial charge in [0.25, 0.3) is 0 Å². The van der Waals surface area contributed by atoms with Gasteiger partial charge in [-0.05, 0) is 13.8 Å². The molecule has 2 aliphatic heterocycles. The summed E-state index contributed by atoms with van der Waals surface area (Å²) in [6.45, 7) is 5.60. The molecule has 100 valence electrons. The minimum atomic E-state index is -0.308. The highest BCUT2D eigenvalue weighted by atomic mass is 16.2. The van der Waals surface area contributed by atoms with Gasteiger partial charge in [-0.15, -0.1) is 0 Å². The zero-order chi connectivity index (χ0) is 13.2. The molecule has 0 fully saturated rings. The summed E-state index contributed by atoms with van der Waals surface area (Å²) in [7, 11) is 0. The molecule has 7 nitrogen and oxygen atoms in total. The molecule has 2 N–H and O–H groups in total. The van der Waals surface area contributed by atoms with Crippen LogP contribution in [0.3, 0.4) is 0 Å². The summed E-state index contributed by atoms with van der Waals surface area (Å²) in [5.41, 5.74) is 4.97. The Kier molecular flexibility index (Phi) is 3.43. The van der Waals surface area contributed by atoms with Crippen LogP contribution in [0.2, 0.25) is 0 Å². The Labute approximate surface area is 107 Å². The standard InChI is InChI=1S/C11H20N6O/c1-10(13-14-10)4-3-9(18)17(8-6-12)7-5-11(2)15-16-11/h3-8,12H2,1-2H3. The van der Waals surface area contributed by atoms with Gasteiger partial charge >= 0.3 is 0 Å². The summed E-state index contributed by atoms with van der Waals surface area (Å²) < 4.78 is 0. The van der Waals surface area contributed by atoms with Gasteiger partial charge < -0.3 is 10.6 Å². The maximum atomic E-state index is 12.1. The van der Waals surface area contributed by atoms with Crippen LogP contribution in [0.25, 0.3) is 0 Å². The molecule has 0 saturated carbocycles. The Morgan fingerprint density at radius 2 is 1.61 bits per heavy atom. The summed E-state index contributed by atoms with van der Waals surface area (Å²) in [5.74, 6) is 0.114. The summed E-state index contributed by atoms with van der Waals surface area (Å²) in [4.78, 5) is 13.9. The first kappa shape index (κ1) is 13.1. The van der Waals surface area contributed by atoms with E-state index < -0.39 is 0 Å². The lowest BCUT2D eigenvalue weighted by atomic mass is 10.1. The van der Waals surface area contributed by atoms with Crippen molar-refractivity contribution in [1.29, 1.82) is 0 Å². The number of carbonyl (C=O) groups is 1. The van der Waals surface area contributed by atoms with Crippen LogP contribution in [0.1, 0.15) is 33.1 Å². The van der Waals surface area contributed by atoms with Gasteiger partial charge in [0, 0.05) is 38.9 Å². The monoisotopic (exact) mass is 252 g/mol. The van der Waals surface area contributed by atoms with Crippen LogP contribution in [0.15, 0.2) is 20.5 Å². The Balaban J connectivity index is 1.74. The van der Waals surface area contributed by atoms with Gasteiger partial charge in [0.15, 0.2) is 11.3 Å². The molecule has 0 saturated heterocycles. The van der Waals surface area contributed by atoms with E-state index in [0.29, 0.717) is 32.5 Å². The number of hydrogen-bond acceptors (Lipinski definition) is 6. The molecule has 0 spiro atoms. The van der Waals surface area contributed by atoms with Crippen LogP contribution in [-0.4, -0.2) is 41.8 Å². The van der Waals surface area contributed by atoms with E-state index in [9.17, 15) is 4.79 Å². The van der Waals surface area contributed by atoms with Gasteiger partial charge in [-0.25, -0.2) is 0 Å². The number of nitrogens with two attached hydrogens (primary N) is 1. The predicted octanol–water partition coefficient (Wildman–Crippen LogP) is 1.31. The third-order valence-corrected chi connectivity index (χ3v) is 3.30. The normalized spacial score (nSPS) is 20.8. The first-order valence-electron chi connectivity index (χ1n) is 6.32. The minimum Gasteiger partial charge on any atom is -0.341 e. The van der Waals surface area contributed by atoms with E-state index in [0.717, 1.165) is 6.42 Å². The Bertz CT molecular complexity index is 379. The van der Waals surface area contributed by atoms with Crippen molar-refractivity contribution in [2.75, 3.05) is 19.6 Å². The highest BCUT2D eigenvalue weighted by Gasteiger charge is 2.36. The van der Waals surface area contributed by atoms with E-state index in [1.807, 2.05) is 13.8 Å². The zero-order valence-electron chi connectivity index (χ0n) is 11.0. The summed E-state index contributed by atoms with van der Waals surface area (Å²) in [6.07, 6.45) is 1.91. The fourth-order valence-electron chi connectivity index (χ4n) is 1.74. The first-order chi connectivity index (χ1) is 8.46. The minimum absolute atomic E-state index is 0.114. The van der Waals surface area contributed by atoms with Crippen molar-refractivity contribution in [3.8, 4) is 0 Å². The van der Waals surface area contributed by atoms with Gasteiger partial charge in [-0.3, -0.25) is 4.79 Å². The van der Waals surface area contributed by atoms with Gasteiger partial charge in [0.05, 0.1) is 0 Å². The van der Waals surface area contributed by atoms with Gasteiger partial charge in [0.2, 0.25) is 5.91 Å². The Morgan fingerprint density at radius 1 is 1.06 bits per heavy atom. The van der Waals surface area contributed by atoms with E-state index in [1.54, 1.807) is 4.90 Å². The summed E-state index contributed by atoms with van der Waals surface area (Å²) in [6, 6.07) is 0. The van der Waals surface area contributed by atoms with E-state index in [2.05, 4.69) is 20.5 Å². The fraction of sp³-hybridized carbons (Fsp3) is 0.909. The number of hydrogen-bond donors (Lipinski definition) is 1. The molecule has 0 unspecified atom stereocenters. The second kappa shape index (κ2) is 4.72. The molecule has 0 atom stereocenters. The van der Waals surface area contributed by atoms with Crippen molar-refractivity contribution in [3.05, 3.63) is 0 Å². The highest BCUT2D eigenvalue weighted by Crippen LogP contribution is 2.33. The van der Waals surface area contributed by atoms with Crippen LogP contribution >= 0.6 is 0 Å². The average molecular weight is 252 g/mol. The van der Waals surface area contributed by atoms with Crippen molar-refractivity contribution >= 4 is 5.91 Å². The zero-order valence-corrected chi connectivity index (χ0v) is 11.0. The van der Waals surface area contributed by atoms with Crippen LogP contribution in [0.5, 0.6) is 0 Å². The maximum Gasteiger partial charge on any atom is 0.222 e. The molecule has 18 heavy (non-hydrogen) atoms. The number of amides is 1. The molecule has 0 radical (unpaired) electrons. The first-order valence-corrected chi connectivity index (χ1v) is 6.32. The van der Waals surface area contributed by atoms with E-state index in [-0.39, 0.29) is 17.2 Å². The fourth-order valence-corrected chi connectivity index (χ4v) is 1.74. The quantitative estimate of drug-likeness (QED) is 0.704. The van der Waals surface area contributed by atoms with Crippen LogP contribution in [0.4, 0.5) is 0 Å². The maximum absolute atomic E-state index is 12.1. The van der Waals surface area contributed by atoms with Crippen molar-refractivity contribution in [3.63, 3.8) is 0 Å². The van der Waals surface area contributed by atoms with Gasteiger partial charge in [-0.1, -0.05) is 0 Å². The third kappa shape index (κ3) is 3.56. The summed E-state index contributed by atoms with van der Waals surface area (Å²) >= 11 is 0. The average Bonchev–Trinajstić information content (AvgIpc) is 3.23. The molecule has 0 aromatic carbocycles. The molecule has 2 rings (SSSR count). The Morgan fingerprint density at radius 3 is 2.11 bits per heavy atom. The lowest BCUT2D eigenvalue weighted by Gasteiger charge is -2.23. The second-order valence-electron chi connectivity index (χ2n) is 5.25. The van der Waals surface area contributed by atoms with Crippen molar-refractivity contribution < 1.29 is 4.79 Å². The van der Waals surface area contributed by atoms with E-state index in [4.69, 9.17) is 5.73 Å². The molecule has 2 aliphatic rings. The lowest BCUT2D eigenvalue weighted by Crippen LogP contribution is -2.37. The Hall–Kier alpha value is -1.37. The smallest absolute Gasteiger partial charge is 0.222 e. The van der Waals surface area contributed by atoms with Crippen molar-refractivity contribution in [2.24, 2.45) is 26.2 Å². The third-order valence-electron chi connectivity index (χ3n) is 3.30. The van der Waals surface area contributed by atoms with E-state index in [1.165, 1.54) is 0 Å². The lowest BCUT2D eigenvalue weighted by molar-refractivity contribution is -0.131. The van der Waals surface area contributed by atoms with Crippen LogP contribution in [0, 0.1) is 0 Å². The van der Waals surface area contributed by atoms with Gasteiger partial charge in [0.1, 0.15) is 0 Å². The van der Waals surface area contributed by atoms with Crippen LogP contribution < -0.4 is 5.73 Å². The predicted molar refractivity (Wildman–Crippen MR) is 66.0 cm³/mol. The molecular formula is C11H20N6O.